The van der Waals surface area contributed by atoms with Gasteiger partial charge in [0.25, 0.3) is 0 Å². The lowest BCUT2D eigenvalue weighted by Crippen LogP contribution is -2.34. The number of carbonyl (C=O) groups excluding carboxylic acids is 1. The molecule has 1 aromatic rings. The lowest BCUT2D eigenvalue weighted by molar-refractivity contribution is -0.143. The van der Waals surface area contributed by atoms with Crippen LogP contribution in [0.1, 0.15) is 5.69 Å². The van der Waals surface area contributed by atoms with E-state index in [1.54, 1.807) is 6.20 Å². The molecule has 3 N–H and O–H groups in total. The minimum absolute atomic E-state index is 0.0461. The molecule has 1 atom stereocenters. The average molecular weight is 193 g/mol. The summed E-state index contributed by atoms with van der Waals surface area (Å²) in [5, 5.41) is 0. The van der Waals surface area contributed by atoms with Crippen LogP contribution in [0.5, 0.6) is 0 Å². The van der Waals surface area contributed by atoms with Crippen LogP contribution >= 0.6 is 0 Å². The van der Waals surface area contributed by atoms with Gasteiger partial charge in [0.05, 0.1) is 6.33 Å². The van der Waals surface area contributed by atoms with Crippen molar-refractivity contribution < 1.29 is 9.53 Å². The van der Waals surface area contributed by atoms with E-state index in [1.807, 2.05) is 0 Å². The Hall–Kier alpha value is -1.80. The molecule has 0 saturated heterocycles. The summed E-state index contributed by atoms with van der Waals surface area (Å²) in [5.74, 6) is 1.69. The van der Waals surface area contributed by atoms with E-state index < -0.39 is 12.0 Å². The Morgan fingerprint density at radius 3 is 3.21 bits per heavy atom. The van der Waals surface area contributed by atoms with Crippen LogP contribution in [0.25, 0.3) is 0 Å². The van der Waals surface area contributed by atoms with Gasteiger partial charge in [-0.05, 0) is 0 Å². The molecule has 14 heavy (non-hydrogen) atoms. The van der Waals surface area contributed by atoms with E-state index in [0.29, 0.717) is 6.42 Å². The average Bonchev–Trinajstić information content (AvgIpc) is 2.66. The fourth-order valence-corrected chi connectivity index (χ4v) is 0.936. The van der Waals surface area contributed by atoms with Crippen LogP contribution in [0, 0.1) is 12.3 Å². The summed E-state index contributed by atoms with van der Waals surface area (Å²) in [6, 6.07) is -0.705. The van der Waals surface area contributed by atoms with E-state index in [0.717, 1.165) is 5.69 Å². The molecule has 1 rings (SSSR count). The van der Waals surface area contributed by atoms with Gasteiger partial charge in [-0.2, -0.15) is 0 Å². The standard InChI is InChI=1S/C9H11N3O2/c1-2-3-14-9(13)8(10)4-7-5-11-6-12-7/h1,5-6,8H,3-4,10H2,(H,11,12). The summed E-state index contributed by atoms with van der Waals surface area (Å²) in [6.45, 7) is -0.0461. The van der Waals surface area contributed by atoms with Crippen molar-refractivity contribution in [2.45, 2.75) is 12.5 Å². The van der Waals surface area contributed by atoms with Crippen molar-refractivity contribution >= 4 is 5.97 Å². The maximum absolute atomic E-state index is 11.2. The van der Waals surface area contributed by atoms with Gasteiger partial charge in [0.15, 0.2) is 6.61 Å². The van der Waals surface area contributed by atoms with Crippen molar-refractivity contribution in [1.29, 1.82) is 0 Å². The highest BCUT2D eigenvalue weighted by atomic mass is 16.5. The number of aromatic amines is 1. The van der Waals surface area contributed by atoms with Gasteiger partial charge in [-0.15, -0.1) is 6.42 Å². The van der Waals surface area contributed by atoms with E-state index in [1.165, 1.54) is 6.33 Å². The monoisotopic (exact) mass is 193 g/mol. The first-order valence-electron chi connectivity index (χ1n) is 4.07. The highest BCUT2D eigenvalue weighted by Crippen LogP contribution is 1.97. The number of nitrogens with one attached hydrogen (secondary N) is 1. The van der Waals surface area contributed by atoms with Gasteiger partial charge in [-0.1, -0.05) is 5.92 Å². The van der Waals surface area contributed by atoms with Gasteiger partial charge in [-0.25, -0.2) is 4.98 Å². The Morgan fingerprint density at radius 2 is 2.64 bits per heavy atom. The number of H-pyrrole nitrogens is 1. The Labute approximate surface area is 81.7 Å². The first-order chi connectivity index (χ1) is 6.74. The highest BCUT2D eigenvalue weighted by Gasteiger charge is 2.15. The minimum Gasteiger partial charge on any atom is -0.451 e. The normalized spacial score (nSPS) is 11.7. The number of nitrogens with two attached hydrogens (primary N) is 1. The summed E-state index contributed by atoms with van der Waals surface area (Å²) < 4.78 is 4.67. The molecule has 0 aliphatic heterocycles. The summed E-state index contributed by atoms with van der Waals surface area (Å²) in [4.78, 5) is 17.8. The second-order valence-corrected chi connectivity index (χ2v) is 2.70. The van der Waals surface area contributed by atoms with Gasteiger partial charge in [0.1, 0.15) is 6.04 Å². The molecule has 0 fully saturated rings. The van der Waals surface area contributed by atoms with Crippen molar-refractivity contribution in [2.24, 2.45) is 5.73 Å². The molecule has 0 saturated carbocycles. The summed E-state index contributed by atoms with van der Waals surface area (Å²) in [5.41, 5.74) is 6.35. The van der Waals surface area contributed by atoms with E-state index in [9.17, 15) is 4.79 Å². The lowest BCUT2D eigenvalue weighted by Gasteiger charge is -2.08. The zero-order chi connectivity index (χ0) is 10.4. The van der Waals surface area contributed by atoms with Crippen LogP contribution in [0.3, 0.4) is 0 Å². The maximum Gasteiger partial charge on any atom is 0.324 e. The molecule has 0 aliphatic rings. The van der Waals surface area contributed by atoms with Gasteiger partial charge in [0, 0.05) is 18.3 Å². The molecule has 5 heteroatoms. The first kappa shape index (κ1) is 10.3. The third kappa shape index (κ3) is 2.92. The zero-order valence-electron chi connectivity index (χ0n) is 7.56. The summed E-state index contributed by atoms with van der Waals surface area (Å²) in [6.07, 6.45) is 8.42. The van der Waals surface area contributed by atoms with E-state index in [-0.39, 0.29) is 6.61 Å². The second kappa shape index (κ2) is 5.04. The van der Waals surface area contributed by atoms with E-state index in [2.05, 4.69) is 20.6 Å². The van der Waals surface area contributed by atoms with Crippen LogP contribution < -0.4 is 5.73 Å². The Kier molecular flexibility index (Phi) is 3.70. The molecule has 0 aliphatic carbocycles. The number of rotatable bonds is 4. The topological polar surface area (TPSA) is 81.0 Å². The fourth-order valence-electron chi connectivity index (χ4n) is 0.936. The number of imidazole rings is 1. The molecule has 0 radical (unpaired) electrons. The van der Waals surface area contributed by atoms with Crippen molar-refractivity contribution in [3.63, 3.8) is 0 Å². The number of ether oxygens (including phenoxy) is 1. The molecule has 1 heterocycles. The van der Waals surface area contributed by atoms with Crippen molar-refractivity contribution in [3.05, 3.63) is 18.2 Å². The molecule has 0 aromatic carbocycles. The first-order valence-corrected chi connectivity index (χ1v) is 4.07. The molecule has 0 bridgehead atoms. The SMILES string of the molecule is C#CCOC(=O)C(N)Cc1cnc[nH]1. The molecule has 5 nitrogen and oxygen atoms in total. The number of hydrogen-bond acceptors (Lipinski definition) is 4. The Morgan fingerprint density at radius 1 is 1.86 bits per heavy atom. The number of esters is 1. The number of aromatic nitrogens is 2. The zero-order valence-corrected chi connectivity index (χ0v) is 7.56. The molecule has 1 aromatic heterocycles. The maximum atomic E-state index is 11.2. The quantitative estimate of drug-likeness (QED) is 0.497. The second-order valence-electron chi connectivity index (χ2n) is 2.70. The van der Waals surface area contributed by atoms with Crippen LogP contribution in [-0.2, 0) is 16.0 Å². The van der Waals surface area contributed by atoms with Crippen LogP contribution in [0.15, 0.2) is 12.5 Å². The van der Waals surface area contributed by atoms with Crippen molar-refractivity contribution in [2.75, 3.05) is 6.61 Å². The third-order valence-corrected chi connectivity index (χ3v) is 1.60. The summed E-state index contributed by atoms with van der Waals surface area (Å²) >= 11 is 0. The van der Waals surface area contributed by atoms with Gasteiger partial charge < -0.3 is 15.5 Å². The number of nitrogens with zero attached hydrogens (tertiary/aromatic N) is 1. The predicted molar refractivity (Wildman–Crippen MR) is 50.1 cm³/mol. The predicted octanol–water partition coefficient (Wildman–Crippen LogP) is -0.544. The van der Waals surface area contributed by atoms with E-state index >= 15 is 0 Å². The smallest absolute Gasteiger partial charge is 0.324 e. The van der Waals surface area contributed by atoms with Crippen molar-refractivity contribution in [3.8, 4) is 12.3 Å². The van der Waals surface area contributed by atoms with Gasteiger partial charge >= 0.3 is 5.97 Å². The number of carbonyl (C=O) groups is 1. The molecule has 74 valence electrons. The molecule has 0 amide bonds. The van der Waals surface area contributed by atoms with Crippen LogP contribution in [0.4, 0.5) is 0 Å². The fraction of sp³-hybridized carbons (Fsp3) is 0.333. The van der Waals surface area contributed by atoms with Gasteiger partial charge in [0.2, 0.25) is 0 Å². The number of terminal acetylenes is 1. The Balaban J connectivity index is 2.39. The third-order valence-electron chi connectivity index (χ3n) is 1.60. The molecular formula is C9H11N3O2. The molecular weight excluding hydrogens is 182 g/mol. The molecule has 0 spiro atoms. The molecule has 1 unspecified atom stereocenters. The van der Waals surface area contributed by atoms with Crippen LogP contribution in [0.2, 0.25) is 0 Å². The summed E-state index contributed by atoms with van der Waals surface area (Å²) in [7, 11) is 0. The van der Waals surface area contributed by atoms with Gasteiger partial charge in [-0.3, -0.25) is 4.79 Å². The lowest BCUT2D eigenvalue weighted by atomic mass is 10.2. The van der Waals surface area contributed by atoms with Crippen molar-refractivity contribution in [1.82, 2.24) is 9.97 Å². The largest absolute Gasteiger partial charge is 0.451 e. The highest BCUT2D eigenvalue weighted by molar-refractivity contribution is 5.75. The van der Waals surface area contributed by atoms with E-state index in [4.69, 9.17) is 12.2 Å². The number of hydrogen-bond donors (Lipinski definition) is 2. The van der Waals surface area contributed by atoms with Crippen LogP contribution in [-0.4, -0.2) is 28.6 Å². The minimum atomic E-state index is -0.705. The Bertz CT molecular complexity index is 326.